The smallest absolute Gasteiger partial charge is 0.303 e. The van der Waals surface area contributed by atoms with Gasteiger partial charge in [0.2, 0.25) is 0 Å². The predicted molar refractivity (Wildman–Crippen MR) is 59.1 cm³/mol. The Balaban J connectivity index is 2.62. The Morgan fingerprint density at radius 2 is 1.75 bits per heavy atom. The second-order valence-corrected chi connectivity index (χ2v) is 5.62. The molecule has 1 aliphatic rings. The third kappa shape index (κ3) is 3.83. The quantitative estimate of drug-likeness (QED) is 0.757. The van der Waals surface area contributed by atoms with Crippen LogP contribution in [-0.2, 0) is 9.59 Å². The highest BCUT2D eigenvalue weighted by atomic mass is 16.4. The molecule has 0 aliphatic heterocycles. The van der Waals surface area contributed by atoms with E-state index in [1.54, 1.807) is 0 Å². The number of carbonyl (C=O) groups is 2. The van der Waals surface area contributed by atoms with Gasteiger partial charge < -0.3 is 10.2 Å². The SMILES string of the molecule is CC1(C)CCC(C(CC(=O)O)CC(=O)O)C1. The van der Waals surface area contributed by atoms with Gasteiger partial charge in [-0.3, -0.25) is 9.59 Å². The summed E-state index contributed by atoms with van der Waals surface area (Å²) in [5.41, 5.74) is 0.236. The van der Waals surface area contributed by atoms with Crippen molar-refractivity contribution in [3.8, 4) is 0 Å². The zero-order chi connectivity index (χ0) is 12.3. The highest BCUT2D eigenvalue weighted by molar-refractivity contribution is 5.70. The van der Waals surface area contributed by atoms with Crippen LogP contribution >= 0.6 is 0 Å². The molecule has 0 spiro atoms. The van der Waals surface area contributed by atoms with Gasteiger partial charge in [-0.25, -0.2) is 0 Å². The van der Waals surface area contributed by atoms with Crippen LogP contribution in [0.2, 0.25) is 0 Å². The van der Waals surface area contributed by atoms with Gasteiger partial charge in [0.05, 0.1) is 0 Å². The maximum Gasteiger partial charge on any atom is 0.303 e. The molecule has 0 aromatic heterocycles. The van der Waals surface area contributed by atoms with E-state index >= 15 is 0 Å². The Kier molecular flexibility index (Phi) is 3.94. The number of hydrogen-bond acceptors (Lipinski definition) is 2. The molecule has 4 heteroatoms. The van der Waals surface area contributed by atoms with Gasteiger partial charge in [0.15, 0.2) is 0 Å². The zero-order valence-electron chi connectivity index (χ0n) is 9.90. The average Bonchev–Trinajstić information content (AvgIpc) is 2.43. The number of hydrogen-bond donors (Lipinski definition) is 2. The Morgan fingerprint density at radius 3 is 2.06 bits per heavy atom. The van der Waals surface area contributed by atoms with Crippen molar-refractivity contribution < 1.29 is 19.8 Å². The van der Waals surface area contributed by atoms with Crippen LogP contribution in [0.4, 0.5) is 0 Å². The van der Waals surface area contributed by atoms with E-state index in [4.69, 9.17) is 10.2 Å². The van der Waals surface area contributed by atoms with E-state index in [9.17, 15) is 9.59 Å². The summed E-state index contributed by atoms with van der Waals surface area (Å²) in [6.45, 7) is 4.32. The van der Waals surface area contributed by atoms with Gasteiger partial charge >= 0.3 is 11.9 Å². The molecule has 1 rings (SSSR count). The Morgan fingerprint density at radius 1 is 1.25 bits per heavy atom. The van der Waals surface area contributed by atoms with E-state index in [2.05, 4.69) is 13.8 Å². The van der Waals surface area contributed by atoms with Crippen molar-refractivity contribution in [1.29, 1.82) is 0 Å². The summed E-state index contributed by atoms with van der Waals surface area (Å²) < 4.78 is 0. The molecule has 1 aliphatic carbocycles. The lowest BCUT2D eigenvalue weighted by Crippen LogP contribution is -2.20. The highest BCUT2D eigenvalue weighted by Crippen LogP contribution is 2.45. The Labute approximate surface area is 95.7 Å². The van der Waals surface area contributed by atoms with Crippen molar-refractivity contribution >= 4 is 11.9 Å². The lowest BCUT2D eigenvalue weighted by molar-refractivity contribution is -0.141. The minimum absolute atomic E-state index is 0.0208. The van der Waals surface area contributed by atoms with Gasteiger partial charge in [0.25, 0.3) is 0 Å². The molecule has 16 heavy (non-hydrogen) atoms. The van der Waals surface area contributed by atoms with Crippen molar-refractivity contribution in [3.63, 3.8) is 0 Å². The van der Waals surface area contributed by atoms with E-state index in [1.165, 1.54) is 0 Å². The van der Waals surface area contributed by atoms with Gasteiger partial charge in [-0.15, -0.1) is 0 Å². The van der Waals surface area contributed by atoms with E-state index in [0.717, 1.165) is 19.3 Å². The molecule has 4 nitrogen and oxygen atoms in total. The summed E-state index contributed by atoms with van der Waals surface area (Å²) >= 11 is 0. The molecule has 1 saturated carbocycles. The van der Waals surface area contributed by atoms with Crippen molar-refractivity contribution in [2.75, 3.05) is 0 Å². The fraction of sp³-hybridized carbons (Fsp3) is 0.833. The van der Waals surface area contributed by atoms with E-state index < -0.39 is 11.9 Å². The van der Waals surface area contributed by atoms with Crippen molar-refractivity contribution in [2.45, 2.75) is 46.0 Å². The molecule has 0 radical (unpaired) electrons. The fourth-order valence-corrected chi connectivity index (χ4v) is 2.75. The first-order valence-electron chi connectivity index (χ1n) is 5.74. The van der Waals surface area contributed by atoms with Crippen LogP contribution < -0.4 is 0 Å². The summed E-state index contributed by atoms with van der Waals surface area (Å²) in [5, 5.41) is 17.6. The maximum atomic E-state index is 10.7. The molecule has 0 bridgehead atoms. The molecular formula is C12H20O4. The molecule has 1 fully saturated rings. The molecule has 0 aromatic rings. The first-order valence-corrected chi connectivity index (χ1v) is 5.74. The number of rotatable bonds is 5. The van der Waals surface area contributed by atoms with Crippen LogP contribution in [0.15, 0.2) is 0 Å². The number of aliphatic carboxylic acids is 2. The first-order chi connectivity index (χ1) is 7.30. The van der Waals surface area contributed by atoms with Crippen LogP contribution in [0.1, 0.15) is 46.0 Å². The Hall–Kier alpha value is -1.06. The third-order valence-corrected chi connectivity index (χ3v) is 3.55. The predicted octanol–water partition coefficient (Wildman–Crippen LogP) is 2.38. The molecular weight excluding hydrogens is 208 g/mol. The van der Waals surface area contributed by atoms with Crippen LogP contribution in [0.5, 0.6) is 0 Å². The largest absolute Gasteiger partial charge is 0.481 e. The lowest BCUT2D eigenvalue weighted by Gasteiger charge is -2.22. The molecule has 1 atom stereocenters. The van der Waals surface area contributed by atoms with Crippen LogP contribution in [0.3, 0.4) is 0 Å². The summed E-state index contributed by atoms with van der Waals surface area (Å²) in [5.74, 6) is -1.74. The minimum atomic E-state index is -0.893. The monoisotopic (exact) mass is 228 g/mol. The van der Waals surface area contributed by atoms with Crippen molar-refractivity contribution in [3.05, 3.63) is 0 Å². The second kappa shape index (κ2) is 4.85. The topological polar surface area (TPSA) is 74.6 Å². The van der Waals surface area contributed by atoms with Gasteiger partial charge in [0, 0.05) is 12.8 Å². The summed E-state index contributed by atoms with van der Waals surface area (Å²) in [7, 11) is 0. The Bertz CT molecular complexity index is 267. The molecule has 0 heterocycles. The highest BCUT2D eigenvalue weighted by Gasteiger charge is 2.36. The van der Waals surface area contributed by atoms with Crippen molar-refractivity contribution in [1.82, 2.24) is 0 Å². The van der Waals surface area contributed by atoms with E-state index in [-0.39, 0.29) is 30.1 Å². The van der Waals surface area contributed by atoms with Gasteiger partial charge in [-0.1, -0.05) is 13.8 Å². The lowest BCUT2D eigenvalue weighted by atomic mass is 9.82. The first kappa shape index (κ1) is 13.0. The second-order valence-electron chi connectivity index (χ2n) is 5.62. The standard InChI is InChI=1S/C12H20O4/c1-12(2)4-3-8(7-12)9(5-10(13)14)6-11(15)16/h8-9H,3-7H2,1-2H3,(H,13,14)(H,15,16). The van der Waals surface area contributed by atoms with Gasteiger partial charge in [-0.2, -0.15) is 0 Å². The summed E-state index contributed by atoms with van der Waals surface area (Å²) in [6, 6.07) is 0. The molecule has 2 N–H and O–H groups in total. The molecule has 0 aromatic carbocycles. The zero-order valence-corrected chi connectivity index (χ0v) is 9.90. The van der Waals surface area contributed by atoms with E-state index in [0.29, 0.717) is 0 Å². The minimum Gasteiger partial charge on any atom is -0.481 e. The van der Waals surface area contributed by atoms with Gasteiger partial charge in [0.1, 0.15) is 0 Å². The number of carboxylic acid groups (broad SMARTS) is 2. The normalized spacial score (nSPS) is 23.6. The fourth-order valence-electron chi connectivity index (χ4n) is 2.75. The van der Waals surface area contributed by atoms with Crippen molar-refractivity contribution in [2.24, 2.45) is 17.3 Å². The van der Waals surface area contributed by atoms with Crippen LogP contribution in [-0.4, -0.2) is 22.2 Å². The molecule has 1 unspecified atom stereocenters. The van der Waals surface area contributed by atoms with Crippen LogP contribution in [0.25, 0.3) is 0 Å². The number of carboxylic acids is 2. The summed E-state index contributed by atoms with van der Waals surface area (Å²) in [4.78, 5) is 21.4. The maximum absolute atomic E-state index is 10.7. The third-order valence-electron chi connectivity index (χ3n) is 3.55. The average molecular weight is 228 g/mol. The van der Waals surface area contributed by atoms with Gasteiger partial charge in [-0.05, 0) is 36.5 Å². The molecule has 0 saturated heterocycles. The van der Waals surface area contributed by atoms with Crippen LogP contribution in [0, 0.1) is 17.3 Å². The van der Waals surface area contributed by atoms with E-state index in [1.807, 2.05) is 0 Å². The molecule has 92 valence electrons. The molecule has 0 amide bonds. The summed E-state index contributed by atoms with van der Waals surface area (Å²) in [6.07, 6.45) is 2.92.